The van der Waals surface area contributed by atoms with Gasteiger partial charge in [0.15, 0.2) is 0 Å². The molecule has 1 aliphatic heterocycles. The van der Waals surface area contributed by atoms with Crippen LogP contribution in [0.3, 0.4) is 0 Å². The maximum absolute atomic E-state index is 13.3. The van der Waals surface area contributed by atoms with Gasteiger partial charge in [0.05, 0.1) is 5.92 Å². The minimum absolute atomic E-state index is 0.0733. The fourth-order valence-corrected chi connectivity index (χ4v) is 3.33. The zero-order valence-electron chi connectivity index (χ0n) is 14.6. The number of benzene rings is 2. The van der Waals surface area contributed by atoms with Gasteiger partial charge in [-0.1, -0.05) is 42.5 Å². The molecule has 1 aliphatic rings. The number of carbonyl (C=O) groups is 1. The van der Waals surface area contributed by atoms with Crippen LogP contribution in [0.2, 0.25) is 0 Å². The SMILES string of the molecule is CN(CCc1ccccn1)C(=O)C1c2ccccc2Oc2ccccc21. The Hall–Kier alpha value is -3.14. The van der Waals surface area contributed by atoms with Gasteiger partial charge in [-0.2, -0.15) is 0 Å². The van der Waals surface area contributed by atoms with Crippen LogP contribution in [0.15, 0.2) is 72.9 Å². The van der Waals surface area contributed by atoms with E-state index in [0.29, 0.717) is 6.54 Å². The molecule has 26 heavy (non-hydrogen) atoms. The number of pyridine rings is 1. The number of ether oxygens (including phenoxy) is 1. The predicted molar refractivity (Wildman–Crippen MR) is 100 cm³/mol. The Morgan fingerprint density at radius 2 is 1.58 bits per heavy atom. The molecular formula is C22H20N2O2. The minimum atomic E-state index is -0.343. The molecule has 0 spiro atoms. The highest BCUT2D eigenvalue weighted by Gasteiger charge is 2.33. The second-order valence-electron chi connectivity index (χ2n) is 6.44. The summed E-state index contributed by atoms with van der Waals surface area (Å²) in [5, 5.41) is 0. The summed E-state index contributed by atoms with van der Waals surface area (Å²) >= 11 is 0. The van der Waals surface area contributed by atoms with E-state index in [4.69, 9.17) is 4.74 Å². The monoisotopic (exact) mass is 344 g/mol. The van der Waals surface area contributed by atoms with Gasteiger partial charge in [0.25, 0.3) is 0 Å². The normalized spacial score (nSPS) is 12.7. The zero-order valence-corrected chi connectivity index (χ0v) is 14.6. The fraction of sp³-hybridized carbons (Fsp3) is 0.182. The summed E-state index contributed by atoms with van der Waals surface area (Å²) < 4.78 is 5.99. The summed E-state index contributed by atoms with van der Waals surface area (Å²) in [7, 11) is 1.85. The molecule has 2 aromatic carbocycles. The molecule has 0 atom stereocenters. The quantitative estimate of drug-likeness (QED) is 0.718. The van der Waals surface area contributed by atoms with Crippen molar-refractivity contribution in [2.24, 2.45) is 0 Å². The van der Waals surface area contributed by atoms with Gasteiger partial charge >= 0.3 is 0 Å². The minimum Gasteiger partial charge on any atom is -0.457 e. The van der Waals surface area contributed by atoms with Crippen molar-refractivity contribution in [3.05, 3.63) is 89.7 Å². The number of likely N-dealkylation sites (N-methyl/N-ethyl adjacent to an activating group) is 1. The maximum atomic E-state index is 13.3. The maximum Gasteiger partial charge on any atom is 0.234 e. The van der Waals surface area contributed by atoms with Crippen molar-refractivity contribution in [3.8, 4) is 11.5 Å². The lowest BCUT2D eigenvalue weighted by atomic mass is 9.87. The van der Waals surface area contributed by atoms with E-state index in [0.717, 1.165) is 34.7 Å². The van der Waals surface area contributed by atoms with Gasteiger partial charge in [0.2, 0.25) is 5.91 Å². The number of fused-ring (bicyclic) bond motifs is 2. The van der Waals surface area contributed by atoms with Crippen molar-refractivity contribution in [3.63, 3.8) is 0 Å². The summed E-state index contributed by atoms with van der Waals surface area (Å²) in [5.74, 6) is 1.24. The molecule has 1 amide bonds. The van der Waals surface area contributed by atoms with E-state index in [2.05, 4.69) is 4.98 Å². The zero-order chi connectivity index (χ0) is 17.9. The van der Waals surface area contributed by atoms with Gasteiger partial charge in [-0.3, -0.25) is 9.78 Å². The first-order chi connectivity index (χ1) is 12.7. The Morgan fingerprint density at radius 1 is 0.962 bits per heavy atom. The van der Waals surface area contributed by atoms with E-state index < -0.39 is 0 Å². The van der Waals surface area contributed by atoms with Crippen LogP contribution in [0.4, 0.5) is 0 Å². The largest absolute Gasteiger partial charge is 0.457 e. The molecule has 2 heterocycles. The summed E-state index contributed by atoms with van der Waals surface area (Å²) in [5.41, 5.74) is 2.82. The highest BCUT2D eigenvalue weighted by molar-refractivity contribution is 5.89. The molecule has 1 aromatic heterocycles. The Balaban J connectivity index is 1.61. The van der Waals surface area contributed by atoms with E-state index in [1.165, 1.54) is 0 Å². The van der Waals surface area contributed by atoms with Gasteiger partial charge in [-0.05, 0) is 24.3 Å². The molecule has 130 valence electrons. The van der Waals surface area contributed by atoms with Crippen molar-refractivity contribution in [1.29, 1.82) is 0 Å². The van der Waals surface area contributed by atoms with E-state index >= 15 is 0 Å². The van der Waals surface area contributed by atoms with Crippen molar-refractivity contribution in [1.82, 2.24) is 9.88 Å². The third-order valence-corrected chi connectivity index (χ3v) is 4.73. The molecule has 0 radical (unpaired) electrons. The first-order valence-corrected chi connectivity index (χ1v) is 8.74. The number of rotatable bonds is 4. The molecule has 0 saturated heterocycles. The van der Waals surface area contributed by atoms with Gasteiger partial charge in [0, 0.05) is 43.0 Å². The van der Waals surface area contributed by atoms with Crippen LogP contribution in [-0.4, -0.2) is 29.4 Å². The number of para-hydroxylation sites is 2. The van der Waals surface area contributed by atoms with E-state index in [1.807, 2.05) is 73.8 Å². The summed E-state index contributed by atoms with van der Waals surface area (Å²) in [6.45, 7) is 0.623. The molecular weight excluding hydrogens is 324 g/mol. The standard InChI is InChI=1S/C22H20N2O2/c1-24(15-13-16-8-6-7-14-23-16)22(25)21-17-9-2-4-11-19(17)26-20-12-5-3-10-18(20)21/h2-12,14,21H,13,15H2,1H3. The topological polar surface area (TPSA) is 42.4 Å². The molecule has 4 heteroatoms. The Bertz CT molecular complexity index is 879. The van der Waals surface area contributed by atoms with Gasteiger partial charge < -0.3 is 9.64 Å². The Kier molecular flexibility index (Phi) is 4.40. The van der Waals surface area contributed by atoms with Crippen LogP contribution in [0.1, 0.15) is 22.7 Å². The highest BCUT2D eigenvalue weighted by atomic mass is 16.5. The number of carbonyl (C=O) groups excluding carboxylic acids is 1. The van der Waals surface area contributed by atoms with Crippen LogP contribution in [0.25, 0.3) is 0 Å². The van der Waals surface area contributed by atoms with E-state index in [-0.39, 0.29) is 11.8 Å². The summed E-state index contributed by atoms with van der Waals surface area (Å²) in [6.07, 6.45) is 2.51. The molecule has 0 aliphatic carbocycles. The van der Waals surface area contributed by atoms with Crippen LogP contribution in [0.5, 0.6) is 11.5 Å². The molecule has 3 aromatic rings. The average molecular weight is 344 g/mol. The van der Waals surface area contributed by atoms with Gasteiger partial charge in [-0.15, -0.1) is 0 Å². The first-order valence-electron chi connectivity index (χ1n) is 8.74. The molecule has 4 nitrogen and oxygen atoms in total. The Morgan fingerprint density at radius 3 is 2.19 bits per heavy atom. The van der Waals surface area contributed by atoms with Crippen molar-refractivity contribution in [2.75, 3.05) is 13.6 Å². The number of hydrogen-bond acceptors (Lipinski definition) is 3. The molecule has 4 rings (SSSR count). The van der Waals surface area contributed by atoms with Crippen molar-refractivity contribution >= 4 is 5.91 Å². The number of aromatic nitrogens is 1. The lowest BCUT2D eigenvalue weighted by Crippen LogP contribution is -2.35. The molecule has 0 bridgehead atoms. The molecule has 0 saturated carbocycles. The van der Waals surface area contributed by atoms with Crippen molar-refractivity contribution < 1.29 is 9.53 Å². The number of nitrogens with zero attached hydrogens (tertiary/aromatic N) is 2. The Labute approximate surface area is 153 Å². The number of hydrogen-bond donors (Lipinski definition) is 0. The molecule has 0 unspecified atom stereocenters. The molecule has 0 N–H and O–H groups in total. The van der Waals surface area contributed by atoms with Crippen LogP contribution >= 0.6 is 0 Å². The summed E-state index contributed by atoms with van der Waals surface area (Å²) in [6, 6.07) is 21.4. The van der Waals surface area contributed by atoms with Crippen molar-refractivity contribution in [2.45, 2.75) is 12.3 Å². The second-order valence-corrected chi connectivity index (χ2v) is 6.44. The highest BCUT2D eigenvalue weighted by Crippen LogP contribution is 2.44. The van der Waals surface area contributed by atoms with Crippen LogP contribution in [0, 0.1) is 0 Å². The molecule has 0 fully saturated rings. The third kappa shape index (κ3) is 3.06. The smallest absolute Gasteiger partial charge is 0.234 e. The predicted octanol–water partition coefficient (Wildman–Crippen LogP) is 4.02. The second kappa shape index (κ2) is 7.00. The summed E-state index contributed by atoms with van der Waals surface area (Å²) in [4.78, 5) is 19.4. The van der Waals surface area contributed by atoms with Gasteiger partial charge in [-0.25, -0.2) is 0 Å². The third-order valence-electron chi connectivity index (χ3n) is 4.73. The van der Waals surface area contributed by atoms with E-state index in [9.17, 15) is 4.79 Å². The van der Waals surface area contributed by atoms with Crippen LogP contribution < -0.4 is 4.74 Å². The lowest BCUT2D eigenvalue weighted by molar-refractivity contribution is -0.130. The van der Waals surface area contributed by atoms with Crippen LogP contribution in [-0.2, 0) is 11.2 Å². The first kappa shape index (κ1) is 16.3. The average Bonchev–Trinajstić information content (AvgIpc) is 2.70. The van der Waals surface area contributed by atoms with Gasteiger partial charge in [0.1, 0.15) is 11.5 Å². The lowest BCUT2D eigenvalue weighted by Gasteiger charge is -2.30. The number of amides is 1. The fourth-order valence-electron chi connectivity index (χ4n) is 3.33. The van der Waals surface area contributed by atoms with E-state index in [1.54, 1.807) is 11.1 Å².